The van der Waals surface area contributed by atoms with Crippen molar-refractivity contribution in [1.29, 1.82) is 0 Å². The van der Waals surface area contributed by atoms with Crippen LogP contribution in [0.5, 0.6) is 0 Å². The summed E-state index contributed by atoms with van der Waals surface area (Å²) in [5.41, 5.74) is 2.09. The predicted octanol–water partition coefficient (Wildman–Crippen LogP) is 4.62. The number of carbonyl (C=O) groups is 1. The van der Waals surface area contributed by atoms with E-state index in [1.165, 1.54) is 57.2 Å². The lowest BCUT2D eigenvalue weighted by molar-refractivity contribution is 0.0946. The van der Waals surface area contributed by atoms with Gasteiger partial charge < -0.3 is 5.32 Å². The lowest BCUT2D eigenvalue weighted by Crippen LogP contribution is -2.30. The first-order valence-electron chi connectivity index (χ1n) is 9.82. The smallest absolute Gasteiger partial charge is 0.251 e. The fourth-order valence-electron chi connectivity index (χ4n) is 3.42. The van der Waals surface area contributed by atoms with Crippen LogP contribution in [0.3, 0.4) is 0 Å². The molecule has 1 heterocycles. The van der Waals surface area contributed by atoms with E-state index < -0.39 is 0 Å². The van der Waals surface area contributed by atoms with Crippen LogP contribution in [0.25, 0.3) is 0 Å². The van der Waals surface area contributed by atoms with Crippen molar-refractivity contribution < 1.29 is 4.79 Å². The molecule has 1 amide bonds. The summed E-state index contributed by atoms with van der Waals surface area (Å²) < 4.78 is 0. The Morgan fingerprint density at radius 2 is 1.83 bits per heavy atom. The molecule has 3 heteroatoms. The summed E-state index contributed by atoms with van der Waals surface area (Å²) in [7, 11) is 0. The number of nitrogens with one attached hydrogen (secondary N) is 1. The van der Waals surface area contributed by atoms with Gasteiger partial charge in [-0.15, -0.1) is 0 Å². The quantitative estimate of drug-likeness (QED) is 0.716. The molecule has 1 aliphatic heterocycles. The molecule has 1 aromatic carbocycles. The number of amides is 1. The lowest BCUT2D eigenvalue weighted by Gasteiger charge is -2.26. The molecular formula is C21H34N2O. The van der Waals surface area contributed by atoms with Crippen LogP contribution < -0.4 is 5.32 Å². The Morgan fingerprint density at radius 3 is 2.46 bits per heavy atom. The number of nitrogens with zero attached hydrogens (tertiary/aromatic N) is 1. The minimum Gasteiger partial charge on any atom is -0.352 e. The van der Waals surface area contributed by atoms with Crippen molar-refractivity contribution in [2.24, 2.45) is 5.92 Å². The van der Waals surface area contributed by atoms with Crippen molar-refractivity contribution in [3.05, 3.63) is 35.4 Å². The fourth-order valence-corrected chi connectivity index (χ4v) is 3.42. The Kier molecular flexibility index (Phi) is 8.31. The Balaban J connectivity index is 1.79. The first-order chi connectivity index (χ1) is 11.7. The summed E-state index contributed by atoms with van der Waals surface area (Å²) in [5.74, 6) is 0.668. The number of carbonyl (C=O) groups excluding carboxylic acids is 1. The highest BCUT2D eigenvalue weighted by molar-refractivity contribution is 5.94. The molecule has 0 aromatic heterocycles. The SMILES string of the molecule is CCCC[C@H](CC)CNC(=O)c1ccc(CN2CCCCC2)cc1. The van der Waals surface area contributed by atoms with E-state index in [-0.39, 0.29) is 5.91 Å². The molecule has 1 N–H and O–H groups in total. The molecule has 0 spiro atoms. The van der Waals surface area contributed by atoms with Gasteiger partial charge in [0, 0.05) is 18.7 Å². The van der Waals surface area contributed by atoms with Crippen LogP contribution in [-0.2, 0) is 6.54 Å². The maximum absolute atomic E-state index is 12.3. The lowest BCUT2D eigenvalue weighted by atomic mass is 9.99. The van der Waals surface area contributed by atoms with E-state index in [1.807, 2.05) is 12.1 Å². The Hall–Kier alpha value is -1.35. The molecule has 0 unspecified atom stereocenters. The second kappa shape index (κ2) is 10.5. The van der Waals surface area contributed by atoms with Gasteiger partial charge in [0.25, 0.3) is 5.91 Å². The van der Waals surface area contributed by atoms with Gasteiger partial charge in [-0.25, -0.2) is 0 Å². The van der Waals surface area contributed by atoms with Gasteiger partial charge in [-0.05, 0) is 56.0 Å². The summed E-state index contributed by atoms with van der Waals surface area (Å²) in [5, 5.41) is 3.11. The third-order valence-electron chi connectivity index (χ3n) is 5.17. The zero-order valence-corrected chi connectivity index (χ0v) is 15.5. The summed E-state index contributed by atoms with van der Waals surface area (Å²) in [6.45, 7) is 8.65. The van der Waals surface area contributed by atoms with E-state index in [0.717, 1.165) is 25.1 Å². The molecule has 0 radical (unpaired) electrons. The molecular weight excluding hydrogens is 296 g/mol. The Labute approximate surface area is 147 Å². The van der Waals surface area contributed by atoms with Gasteiger partial charge >= 0.3 is 0 Å². The minimum absolute atomic E-state index is 0.0643. The van der Waals surface area contributed by atoms with Gasteiger partial charge in [-0.1, -0.05) is 51.7 Å². The molecule has 0 bridgehead atoms. The highest BCUT2D eigenvalue weighted by Gasteiger charge is 2.12. The van der Waals surface area contributed by atoms with E-state index in [1.54, 1.807) is 0 Å². The highest BCUT2D eigenvalue weighted by Crippen LogP contribution is 2.14. The first kappa shape index (κ1) is 19.0. The molecule has 1 aromatic rings. The molecule has 1 atom stereocenters. The summed E-state index contributed by atoms with van der Waals surface area (Å²) in [6, 6.07) is 8.17. The molecule has 2 rings (SSSR count). The maximum atomic E-state index is 12.3. The number of piperidine rings is 1. The normalized spacial score (nSPS) is 16.8. The predicted molar refractivity (Wildman–Crippen MR) is 101 cm³/mol. The van der Waals surface area contributed by atoms with Crippen LogP contribution in [-0.4, -0.2) is 30.4 Å². The molecule has 3 nitrogen and oxygen atoms in total. The number of rotatable bonds is 9. The van der Waals surface area contributed by atoms with E-state index in [0.29, 0.717) is 5.92 Å². The standard InChI is InChI=1S/C21H34N2O/c1-3-5-9-18(4-2)16-22-21(24)20-12-10-19(11-13-20)17-23-14-7-6-8-15-23/h10-13,18H,3-9,14-17H2,1-2H3,(H,22,24)/t18-/m0/s1. The van der Waals surface area contributed by atoms with Crippen molar-refractivity contribution in [3.63, 3.8) is 0 Å². The third-order valence-corrected chi connectivity index (χ3v) is 5.17. The van der Waals surface area contributed by atoms with Gasteiger partial charge in [-0.2, -0.15) is 0 Å². The average molecular weight is 331 g/mol. The fraction of sp³-hybridized carbons (Fsp3) is 0.667. The van der Waals surface area contributed by atoms with Crippen molar-refractivity contribution >= 4 is 5.91 Å². The molecule has 0 saturated carbocycles. The molecule has 1 saturated heterocycles. The number of likely N-dealkylation sites (tertiary alicyclic amines) is 1. The van der Waals surface area contributed by atoms with Crippen LogP contribution in [0.2, 0.25) is 0 Å². The monoisotopic (exact) mass is 330 g/mol. The van der Waals surface area contributed by atoms with Crippen LogP contribution in [0, 0.1) is 5.92 Å². The molecule has 24 heavy (non-hydrogen) atoms. The van der Waals surface area contributed by atoms with Crippen LogP contribution in [0.1, 0.15) is 74.7 Å². The third kappa shape index (κ3) is 6.27. The number of benzene rings is 1. The minimum atomic E-state index is 0.0643. The zero-order chi connectivity index (χ0) is 17.2. The van der Waals surface area contributed by atoms with Gasteiger partial charge in [-0.3, -0.25) is 9.69 Å². The Bertz CT molecular complexity index is 477. The average Bonchev–Trinajstić information content (AvgIpc) is 2.63. The van der Waals surface area contributed by atoms with Crippen molar-refractivity contribution in [2.75, 3.05) is 19.6 Å². The second-order valence-electron chi connectivity index (χ2n) is 7.16. The van der Waals surface area contributed by atoms with Crippen LogP contribution in [0.15, 0.2) is 24.3 Å². The van der Waals surface area contributed by atoms with E-state index >= 15 is 0 Å². The van der Waals surface area contributed by atoms with Crippen LogP contribution in [0.4, 0.5) is 0 Å². The van der Waals surface area contributed by atoms with Crippen molar-refractivity contribution in [1.82, 2.24) is 10.2 Å². The Morgan fingerprint density at radius 1 is 1.12 bits per heavy atom. The summed E-state index contributed by atoms with van der Waals surface area (Å²) in [6.07, 6.45) is 8.82. The van der Waals surface area contributed by atoms with E-state index in [4.69, 9.17) is 0 Å². The van der Waals surface area contributed by atoms with Crippen molar-refractivity contribution in [2.45, 2.75) is 65.3 Å². The first-order valence-corrected chi connectivity index (χ1v) is 9.82. The van der Waals surface area contributed by atoms with E-state index in [9.17, 15) is 4.79 Å². The van der Waals surface area contributed by atoms with Gasteiger partial charge in [0.15, 0.2) is 0 Å². The van der Waals surface area contributed by atoms with Gasteiger partial charge in [0.1, 0.15) is 0 Å². The maximum Gasteiger partial charge on any atom is 0.251 e. The van der Waals surface area contributed by atoms with Crippen molar-refractivity contribution in [3.8, 4) is 0 Å². The van der Waals surface area contributed by atoms with Gasteiger partial charge in [0.05, 0.1) is 0 Å². The second-order valence-corrected chi connectivity index (χ2v) is 7.16. The topological polar surface area (TPSA) is 32.3 Å². The van der Waals surface area contributed by atoms with Crippen LogP contribution >= 0.6 is 0 Å². The molecule has 1 fully saturated rings. The number of hydrogen-bond donors (Lipinski definition) is 1. The molecule has 0 aliphatic carbocycles. The molecule has 134 valence electrons. The van der Waals surface area contributed by atoms with Gasteiger partial charge in [0.2, 0.25) is 0 Å². The van der Waals surface area contributed by atoms with E-state index in [2.05, 4.69) is 36.2 Å². The molecule has 1 aliphatic rings. The highest BCUT2D eigenvalue weighted by atomic mass is 16.1. The largest absolute Gasteiger partial charge is 0.352 e. The number of unbranched alkanes of at least 4 members (excludes halogenated alkanes) is 1. The summed E-state index contributed by atoms with van der Waals surface area (Å²) >= 11 is 0. The number of hydrogen-bond acceptors (Lipinski definition) is 2. The summed E-state index contributed by atoms with van der Waals surface area (Å²) in [4.78, 5) is 14.8. The zero-order valence-electron chi connectivity index (χ0n) is 15.5.